The Morgan fingerprint density at radius 1 is 0.588 bits per heavy atom. The van der Waals surface area contributed by atoms with Crippen molar-refractivity contribution in [3.05, 3.63) is 125 Å². The van der Waals surface area contributed by atoms with Crippen molar-refractivity contribution in [3.8, 4) is 11.1 Å². The Kier molecular flexibility index (Phi) is 8.84. The third-order valence-corrected chi connectivity index (χ3v) is 6.11. The second-order valence-corrected chi connectivity index (χ2v) is 9.23. The molecule has 0 N–H and O–H groups in total. The van der Waals surface area contributed by atoms with Crippen molar-refractivity contribution in [2.24, 2.45) is 0 Å². The van der Waals surface area contributed by atoms with Crippen LogP contribution in [0, 0.1) is 6.92 Å². The Labute approximate surface area is 223 Å². The Bertz CT molecular complexity index is 1420. The Balaban J connectivity index is 0.00000324. The summed E-state index contributed by atoms with van der Waals surface area (Å²) in [6.45, 7) is 2.09. The Hall–Kier alpha value is -2.73. The molecule has 4 rings (SSSR count). The van der Waals surface area contributed by atoms with Gasteiger partial charge in [-0.15, -0.1) is 0 Å². The van der Waals surface area contributed by atoms with Gasteiger partial charge in [-0.25, -0.2) is 8.42 Å². The summed E-state index contributed by atoms with van der Waals surface area (Å²) >= 11 is 0. The van der Waals surface area contributed by atoms with Crippen molar-refractivity contribution in [2.45, 2.75) is 11.8 Å². The molecular formula is C29H23NaO3S. The molecule has 0 radical (unpaired) electrons. The van der Waals surface area contributed by atoms with E-state index in [-0.39, 0.29) is 34.5 Å². The molecule has 5 heteroatoms. The van der Waals surface area contributed by atoms with E-state index in [9.17, 15) is 13.0 Å². The molecular weight excluding hydrogens is 451 g/mol. The van der Waals surface area contributed by atoms with Crippen LogP contribution in [-0.2, 0) is 10.1 Å². The number of aryl methyl sites for hydroxylation is 1. The first kappa shape index (κ1) is 25.9. The summed E-state index contributed by atoms with van der Waals surface area (Å²) in [5.74, 6) is 0. The van der Waals surface area contributed by atoms with E-state index in [0.29, 0.717) is 5.56 Å². The first-order chi connectivity index (χ1) is 15.9. The molecule has 0 amide bonds. The fraction of sp³-hybridized carbons (Fsp3) is 0.0345. The largest absolute Gasteiger partial charge is 1.00 e. The maximum absolute atomic E-state index is 11.2. The maximum Gasteiger partial charge on any atom is 1.00 e. The molecule has 4 aromatic rings. The van der Waals surface area contributed by atoms with Gasteiger partial charge in [0.15, 0.2) is 0 Å². The van der Waals surface area contributed by atoms with Crippen molar-refractivity contribution >= 4 is 34.4 Å². The van der Waals surface area contributed by atoms with Gasteiger partial charge in [-0.3, -0.25) is 0 Å². The van der Waals surface area contributed by atoms with Crippen molar-refractivity contribution in [1.29, 1.82) is 0 Å². The summed E-state index contributed by atoms with van der Waals surface area (Å²) in [5, 5.41) is 0. The molecule has 0 aliphatic rings. The quantitative estimate of drug-likeness (QED) is 0.242. The molecule has 0 aromatic heterocycles. The van der Waals surface area contributed by atoms with Crippen molar-refractivity contribution in [2.75, 3.05) is 0 Å². The van der Waals surface area contributed by atoms with Crippen molar-refractivity contribution < 1.29 is 42.5 Å². The van der Waals surface area contributed by atoms with E-state index in [1.807, 2.05) is 18.2 Å². The summed E-state index contributed by atoms with van der Waals surface area (Å²) < 4.78 is 33.5. The van der Waals surface area contributed by atoms with Crippen LogP contribution in [0.4, 0.5) is 0 Å². The summed E-state index contributed by atoms with van der Waals surface area (Å²) in [4.78, 5) is -0.225. The standard InChI is InChI=1S/C29H24O3S.Na/c1-22-4-2-5-25(20-22)10-8-23-12-16-27(17-13-23)28-18-14-24(15-19-28)9-11-26-6-3-7-29(21-26)33(30,31)32;/h2-21H,1H3,(H,30,31,32);/q;+1/p-1. The van der Waals surface area contributed by atoms with Crippen LogP contribution >= 0.6 is 0 Å². The second kappa shape index (κ2) is 11.6. The minimum Gasteiger partial charge on any atom is -0.744 e. The second-order valence-electron chi connectivity index (χ2n) is 7.85. The van der Waals surface area contributed by atoms with Gasteiger partial charge in [0.1, 0.15) is 10.1 Å². The predicted octanol–water partition coefficient (Wildman–Crippen LogP) is 3.91. The number of rotatable bonds is 6. The zero-order chi connectivity index (χ0) is 23.3. The molecule has 0 atom stereocenters. The number of hydrogen-bond donors (Lipinski definition) is 0. The zero-order valence-electron chi connectivity index (χ0n) is 19.2. The minimum atomic E-state index is -4.46. The van der Waals surface area contributed by atoms with Gasteiger partial charge in [0.05, 0.1) is 4.90 Å². The summed E-state index contributed by atoms with van der Waals surface area (Å²) in [7, 11) is -4.46. The van der Waals surface area contributed by atoms with Gasteiger partial charge in [-0.05, 0) is 52.4 Å². The van der Waals surface area contributed by atoms with Crippen LogP contribution in [0.5, 0.6) is 0 Å². The molecule has 0 bridgehead atoms. The van der Waals surface area contributed by atoms with Crippen LogP contribution in [0.2, 0.25) is 0 Å². The normalized spacial score (nSPS) is 11.6. The third kappa shape index (κ3) is 7.13. The molecule has 0 aliphatic heterocycles. The van der Waals surface area contributed by atoms with Crippen molar-refractivity contribution in [3.63, 3.8) is 0 Å². The topological polar surface area (TPSA) is 57.2 Å². The predicted molar refractivity (Wildman–Crippen MR) is 135 cm³/mol. The fourth-order valence-corrected chi connectivity index (χ4v) is 4.03. The van der Waals surface area contributed by atoms with E-state index in [4.69, 9.17) is 0 Å². The van der Waals surface area contributed by atoms with E-state index in [2.05, 4.69) is 79.7 Å². The maximum atomic E-state index is 11.2. The summed E-state index contributed by atoms with van der Waals surface area (Å²) in [6, 6.07) is 30.9. The van der Waals surface area contributed by atoms with Crippen LogP contribution in [0.3, 0.4) is 0 Å². The monoisotopic (exact) mass is 474 g/mol. The molecule has 3 nitrogen and oxygen atoms in total. The summed E-state index contributed by atoms with van der Waals surface area (Å²) in [5.41, 5.74) is 7.45. The molecule has 0 heterocycles. The van der Waals surface area contributed by atoms with Gasteiger partial charge in [0.2, 0.25) is 0 Å². The number of benzene rings is 4. The van der Waals surface area contributed by atoms with Gasteiger partial charge in [-0.1, -0.05) is 115 Å². The molecule has 0 spiro atoms. The Morgan fingerprint density at radius 3 is 1.50 bits per heavy atom. The number of hydrogen-bond acceptors (Lipinski definition) is 3. The smallest absolute Gasteiger partial charge is 0.744 e. The van der Waals surface area contributed by atoms with Gasteiger partial charge < -0.3 is 4.55 Å². The van der Waals surface area contributed by atoms with Crippen LogP contribution < -0.4 is 29.6 Å². The molecule has 34 heavy (non-hydrogen) atoms. The van der Waals surface area contributed by atoms with Crippen LogP contribution in [-0.4, -0.2) is 13.0 Å². The molecule has 0 saturated heterocycles. The first-order valence-electron chi connectivity index (χ1n) is 10.6. The summed E-state index contributed by atoms with van der Waals surface area (Å²) in [6.07, 6.45) is 7.91. The van der Waals surface area contributed by atoms with E-state index >= 15 is 0 Å². The fourth-order valence-electron chi connectivity index (χ4n) is 3.51. The van der Waals surface area contributed by atoms with E-state index in [1.54, 1.807) is 18.2 Å². The van der Waals surface area contributed by atoms with Crippen molar-refractivity contribution in [1.82, 2.24) is 0 Å². The van der Waals surface area contributed by atoms with Gasteiger partial charge in [0, 0.05) is 0 Å². The SMILES string of the molecule is Cc1cccc(C=Cc2ccc(-c3ccc(C=Cc4cccc(S(=O)(=O)[O-])c4)cc3)cc2)c1.[Na+]. The zero-order valence-corrected chi connectivity index (χ0v) is 22.0. The molecule has 0 fully saturated rings. The van der Waals surface area contributed by atoms with E-state index in [0.717, 1.165) is 22.3 Å². The van der Waals surface area contributed by atoms with Gasteiger partial charge in [-0.2, -0.15) is 0 Å². The van der Waals surface area contributed by atoms with E-state index in [1.165, 1.54) is 23.3 Å². The molecule has 0 saturated carbocycles. The molecule has 0 unspecified atom stereocenters. The Morgan fingerprint density at radius 2 is 1.03 bits per heavy atom. The van der Waals surface area contributed by atoms with Crippen LogP contribution in [0.25, 0.3) is 35.4 Å². The van der Waals surface area contributed by atoms with Gasteiger partial charge >= 0.3 is 29.6 Å². The van der Waals surface area contributed by atoms with Crippen LogP contribution in [0.1, 0.15) is 27.8 Å². The first-order valence-corrected chi connectivity index (χ1v) is 12.0. The van der Waals surface area contributed by atoms with Gasteiger partial charge in [0.25, 0.3) is 0 Å². The molecule has 4 aromatic carbocycles. The minimum absolute atomic E-state index is 0. The van der Waals surface area contributed by atoms with E-state index < -0.39 is 10.1 Å². The average molecular weight is 475 g/mol. The average Bonchev–Trinajstić information content (AvgIpc) is 2.82. The molecule has 164 valence electrons. The molecule has 0 aliphatic carbocycles. The third-order valence-electron chi connectivity index (χ3n) is 5.28. The van der Waals surface area contributed by atoms with Crippen LogP contribution in [0.15, 0.2) is 102 Å².